The summed E-state index contributed by atoms with van der Waals surface area (Å²) in [5, 5.41) is 19.3. The second-order valence-corrected chi connectivity index (χ2v) is 4.35. The predicted molar refractivity (Wildman–Crippen MR) is 69.8 cm³/mol. The van der Waals surface area contributed by atoms with Crippen LogP contribution in [0.3, 0.4) is 0 Å². The molecular formula is C13H16N2O3. The fraction of sp³-hybridized carbons (Fsp3) is 0.308. The minimum atomic E-state index is -0.991. The number of carbonyl (C=O) groups is 1. The number of aliphatic hydroxyl groups excluding tert-OH is 1. The van der Waals surface area contributed by atoms with Crippen molar-refractivity contribution in [2.45, 2.75) is 12.5 Å². The lowest BCUT2D eigenvalue weighted by Crippen LogP contribution is -2.30. The summed E-state index contributed by atoms with van der Waals surface area (Å²) in [6, 6.07) is 7.85. The molecule has 0 spiro atoms. The van der Waals surface area contributed by atoms with E-state index in [1.807, 2.05) is 42.4 Å². The Morgan fingerprint density at radius 3 is 2.89 bits per heavy atom. The highest BCUT2D eigenvalue weighted by Gasteiger charge is 2.14. The Balaban J connectivity index is 2.13. The number of aliphatic carboxylic acids is 1. The van der Waals surface area contributed by atoms with Crippen molar-refractivity contribution < 1.29 is 15.0 Å². The third-order valence-corrected chi connectivity index (χ3v) is 2.87. The van der Waals surface area contributed by atoms with Gasteiger partial charge in [-0.1, -0.05) is 18.2 Å². The van der Waals surface area contributed by atoms with Crippen LogP contribution in [0.1, 0.15) is 6.42 Å². The number of hydrogen-bond acceptors (Lipinski definition) is 3. The topological polar surface area (TPSA) is 76.6 Å². The summed E-state index contributed by atoms with van der Waals surface area (Å²) in [6.07, 6.45) is 0.742. The number of hydrogen-bond donors (Lipinski definition) is 3. The van der Waals surface area contributed by atoms with E-state index in [1.54, 1.807) is 0 Å². The van der Waals surface area contributed by atoms with Crippen LogP contribution in [0.2, 0.25) is 0 Å². The highest BCUT2D eigenvalue weighted by Crippen LogP contribution is 2.25. The summed E-state index contributed by atoms with van der Waals surface area (Å²) in [5.41, 5.74) is 1.97. The van der Waals surface area contributed by atoms with Crippen molar-refractivity contribution in [3.05, 3.63) is 30.5 Å². The van der Waals surface area contributed by atoms with Crippen molar-refractivity contribution in [2.24, 2.45) is 0 Å². The van der Waals surface area contributed by atoms with E-state index in [9.17, 15) is 9.90 Å². The maximum absolute atomic E-state index is 10.5. The van der Waals surface area contributed by atoms with Crippen LogP contribution in [0.25, 0.3) is 10.9 Å². The molecule has 3 N–H and O–H groups in total. The van der Waals surface area contributed by atoms with Gasteiger partial charge in [0, 0.05) is 30.7 Å². The molecule has 18 heavy (non-hydrogen) atoms. The number of aromatic nitrogens is 1. The van der Waals surface area contributed by atoms with Crippen molar-refractivity contribution in [1.82, 2.24) is 4.98 Å². The molecule has 0 amide bonds. The molecule has 1 atom stereocenters. The Kier molecular flexibility index (Phi) is 3.53. The van der Waals surface area contributed by atoms with Crippen LogP contribution in [0, 0.1) is 0 Å². The molecule has 5 heteroatoms. The van der Waals surface area contributed by atoms with Gasteiger partial charge in [0.05, 0.1) is 18.2 Å². The summed E-state index contributed by atoms with van der Waals surface area (Å²) in [4.78, 5) is 15.5. The van der Waals surface area contributed by atoms with Gasteiger partial charge in [-0.15, -0.1) is 0 Å². The van der Waals surface area contributed by atoms with E-state index in [0.717, 1.165) is 16.6 Å². The Labute approximate surface area is 105 Å². The molecular weight excluding hydrogens is 232 g/mol. The van der Waals surface area contributed by atoms with Crippen LogP contribution in [0.15, 0.2) is 30.5 Å². The van der Waals surface area contributed by atoms with Crippen molar-refractivity contribution in [3.63, 3.8) is 0 Å². The fourth-order valence-electron chi connectivity index (χ4n) is 2.05. The first-order chi connectivity index (χ1) is 8.58. The van der Waals surface area contributed by atoms with Gasteiger partial charge in [0.2, 0.25) is 0 Å². The average Bonchev–Trinajstić information content (AvgIpc) is 2.71. The number of nitrogens with zero attached hydrogens (tertiary/aromatic N) is 1. The molecule has 0 bridgehead atoms. The van der Waals surface area contributed by atoms with Crippen molar-refractivity contribution in [3.8, 4) is 0 Å². The van der Waals surface area contributed by atoms with E-state index >= 15 is 0 Å². The molecule has 5 nitrogen and oxygen atoms in total. The third kappa shape index (κ3) is 2.62. The number of fused-ring (bicyclic) bond motifs is 1. The molecule has 0 fully saturated rings. The van der Waals surface area contributed by atoms with Crippen LogP contribution in [0.4, 0.5) is 5.69 Å². The molecule has 0 aliphatic carbocycles. The maximum Gasteiger partial charge on any atom is 0.306 e. The first kappa shape index (κ1) is 12.4. The summed E-state index contributed by atoms with van der Waals surface area (Å²) in [5.74, 6) is -0.991. The van der Waals surface area contributed by atoms with E-state index < -0.39 is 12.1 Å². The zero-order valence-corrected chi connectivity index (χ0v) is 10.1. The Morgan fingerprint density at radius 1 is 1.44 bits per heavy atom. The normalized spacial score (nSPS) is 12.6. The SMILES string of the molecule is CN(CC(O)CC(=O)O)c1c[nH]c2ccccc12. The van der Waals surface area contributed by atoms with Crippen LogP contribution >= 0.6 is 0 Å². The lowest BCUT2D eigenvalue weighted by Gasteiger charge is -2.21. The molecule has 0 saturated carbocycles. The molecule has 2 rings (SSSR count). The Hall–Kier alpha value is -2.01. The Bertz CT molecular complexity index is 550. The molecule has 0 radical (unpaired) electrons. The standard InChI is InChI=1S/C13H16N2O3/c1-15(8-9(16)6-13(17)18)12-7-14-11-5-3-2-4-10(11)12/h2-5,7,9,14,16H,6,8H2,1H3,(H,17,18). The lowest BCUT2D eigenvalue weighted by atomic mass is 10.2. The third-order valence-electron chi connectivity index (χ3n) is 2.87. The Morgan fingerprint density at radius 2 is 2.17 bits per heavy atom. The summed E-state index contributed by atoms with van der Waals surface area (Å²) < 4.78 is 0. The summed E-state index contributed by atoms with van der Waals surface area (Å²) in [7, 11) is 1.83. The quantitative estimate of drug-likeness (QED) is 0.748. The first-order valence-electron chi connectivity index (χ1n) is 5.75. The number of rotatable bonds is 5. The zero-order chi connectivity index (χ0) is 13.1. The monoisotopic (exact) mass is 248 g/mol. The molecule has 0 saturated heterocycles. The van der Waals surface area contributed by atoms with E-state index in [-0.39, 0.29) is 13.0 Å². The number of likely N-dealkylation sites (N-methyl/N-ethyl adjacent to an activating group) is 1. The van der Waals surface area contributed by atoms with Crippen molar-refractivity contribution in [1.29, 1.82) is 0 Å². The van der Waals surface area contributed by atoms with Gasteiger partial charge in [-0.3, -0.25) is 4.79 Å². The predicted octanol–water partition coefficient (Wildman–Crippen LogP) is 1.44. The molecule has 1 heterocycles. The van der Waals surface area contributed by atoms with E-state index in [1.165, 1.54) is 0 Å². The van der Waals surface area contributed by atoms with E-state index in [2.05, 4.69) is 4.98 Å². The van der Waals surface area contributed by atoms with Crippen molar-refractivity contribution in [2.75, 3.05) is 18.5 Å². The van der Waals surface area contributed by atoms with Gasteiger partial charge >= 0.3 is 5.97 Å². The number of carboxylic acid groups (broad SMARTS) is 1. The van der Waals surface area contributed by atoms with E-state index in [4.69, 9.17) is 5.11 Å². The lowest BCUT2D eigenvalue weighted by molar-refractivity contribution is -0.139. The van der Waals surface area contributed by atoms with Gasteiger partial charge in [0.25, 0.3) is 0 Å². The smallest absolute Gasteiger partial charge is 0.306 e. The minimum absolute atomic E-state index is 0.243. The maximum atomic E-state index is 10.5. The molecule has 0 aliphatic rings. The molecule has 1 aromatic carbocycles. The first-order valence-corrected chi connectivity index (χ1v) is 5.75. The molecule has 1 aromatic heterocycles. The van der Waals surface area contributed by atoms with Crippen LogP contribution in [0.5, 0.6) is 0 Å². The summed E-state index contributed by atoms with van der Waals surface area (Å²) >= 11 is 0. The van der Waals surface area contributed by atoms with Gasteiger partial charge in [-0.2, -0.15) is 0 Å². The number of anilines is 1. The number of benzene rings is 1. The second kappa shape index (κ2) is 5.10. The summed E-state index contributed by atoms with van der Waals surface area (Å²) in [6.45, 7) is 0.286. The van der Waals surface area contributed by atoms with Gasteiger partial charge in [-0.05, 0) is 6.07 Å². The van der Waals surface area contributed by atoms with Gasteiger partial charge in [-0.25, -0.2) is 0 Å². The van der Waals surface area contributed by atoms with Gasteiger partial charge in [0.15, 0.2) is 0 Å². The fourth-order valence-corrected chi connectivity index (χ4v) is 2.05. The highest BCUT2D eigenvalue weighted by atomic mass is 16.4. The number of nitrogens with one attached hydrogen (secondary N) is 1. The average molecular weight is 248 g/mol. The van der Waals surface area contributed by atoms with Crippen LogP contribution in [-0.4, -0.2) is 40.9 Å². The van der Waals surface area contributed by atoms with Crippen LogP contribution in [-0.2, 0) is 4.79 Å². The van der Waals surface area contributed by atoms with E-state index in [0.29, 0.717) is 0 Å². The molecule has 96 valence electrons. The number of aliphatic hydroxyl groups is 1. The number of H-pyrrole nitrogens is 1. The van der Waals surface area contributed by atoms with Gasteiger partial charge < -0.3 is 20.1 Å². The highest BCUT2D eigenvalue weighted by molar-refractivity contribution is 5.92. The molecule has 2 aromatic rings. The van der Waals surface area contributed by atoms with Gasteiger partial charge in [0.1, 0.15) is 0 Å². The number of carboxylic acids is 1. The number of aromatic amines is 1. The second-order valence-electron chi connectivity index (χ2n) is 4.35. The molecule has 0 aliphatic heterocycles. The van der Waals surface area contributed by atoms with Crippen LogP contribution < -0.4 is 4.90 Å². The number of para-hydroxylation sites is 1. The molecule has 1 unspecified atom stereocenters. The van der Waals surface area contributed by atoms with Crippen molar-refractivity contribution >= 4 is 22.6 Å². The largest absolute Gasteiger partial charge is 0.481 e. The minimum Gasteiger partial charge on any atom is -0.481 e. The zero-order valence-electron chi connectivity index (χ0n) is 10.1.